The maximum Gasteiger partial charge on any atom is 0.310 e. The molecule has 1 saturated heterocycles. The molecule has 6 atom stereocenters. The van der Waals surface area contributed by atoms with Crippen LogP contribution in [-0.4, -0.2) is 41.2 Å². The molecule has 1 aromatic carbocycles. The zero-order chi connectivity index (χ0) is 19.3. The van der Waals surface area contributed by atoms with Gasteiger partial charge in [-0.1, -0.05) is 15.9 Å². The zero-order valence-corrected chi connectivity index (χ0v) is 16.0. The normalized spacial score (nSPS) is 32.9. The average molecular weight is 437 g/mol. The smallest absolute Gasteiger partial charge is 0.310 e. The van der Waals surface area contributed by atoms with Gasteiger partial charge in [0.05, 0.1) is 16.7 Å². The van der Waals surface area contributed by atoms with E-state index in [-0.39, 0.29) is 34.5 Å². The quantitative estimate of drug-likeness (QED) is 0.301. The summed E-state index contributed by atoms with van der Waals surface area (Å²) in [5.74, 6) is -2.35. The molecule has 2 aliphatic carbocycles. The number of halogens is 1. The number of benzene rings is 1. The van der Waals surface area contributed by atoms with Gasteiger partial charge in [-0.15, -0.1) is 0 Å². The lowest BCUT2D eigenvalue weighted by Crippen LogP contribution is -2.39. The molecule has 8 heteroatoms. The van der Waals surface area contributed by atoms with Crippen molar-refractivity contribution >= 4 is 39.6 Å². The van der Waals surface area contributed by atoms with Gasteiger partial charge in [0, 0.05) is 18.4 Å². The third-order valence-electron chi connectivity index (χ3n) is 5.58. The molecule has 0 unspecified atom stereocenters. The van der Waals surface area contributed by atoms with E-state index in [9.17, 15) is 19.2 Å². The first-order valence-corrected chi connectivity index (χ1v) is 9.61. The summed E-state index contributed by atoms with van der Waals surface area (Å²) in [5.41, 5.74) is 0.338. The molecule has 27 heavy (non-hydrogen) atoms. The number of ether oxygens (including phenoxy) is 3. The van der Waals surface area contributed by atoms with Crippen molar-refractivity contribution in [1.29, 1.82) is 0 Å². The van der Waals surface area contributed by atoms with Crippen molar-refractivity contribution in [3.63, 3.8) is 0 Å². The Balaban J connectivity index is 1.37. The zero-order valence-electron chi connectivity index (χ0n) is 14.4. The van der Waals surface area contributed by atoms with E-state index in [1.807, 2.05) is 0 Å². The first-order chi connectivity index (χ1) is 12.9. The Morgan fingerprint density at radius 2 is 1.89 bits per heavy atom. The van der Waals surface area contributed by atoms with E-state index in [0.717, 1.165) is 6.42 Å². The highest BCUT2D eigenvalue weighted by Crippen LogP contribution is 2.60. The summed E-state index contributed by atoms with van der Waals surface area (Å²) >= 11 is 3.54. The van der Waals surface area contributed by atoms with Crippen LogP contribution in [0.3, 0.4) is 0 Å². The highest BCUT2D eigenvalue weighted by atomic mass is 79.9. The van der Waals surface area contributed by atoms with Crippen molar-refractivity contribution in [3.05, 3.63) is 29.8 Å². The summed E-state index contributed by atoms with van der Waals surface area (Å²) in [6, 6.07) is 5.99. The van der Waals surface area contributed by atoms with Crippen molar-refractivity contribution in [2.24, 2.45) is 23.7 Å². The summed E-state index contributed by atoms with van der Waals surface area (Å²) in [6.07, 6.45) is 0.594. The molecule has 3 fully saturated rings. The number of fused-ring (bicyclic) bond motifs is 1. The van der Waals surface area contributed by atoms with Crippen LogP contribution >= 0.6 is 15.9 Å². The fraction of sp³-hybridized carbons (Fsp3) is 0.474. The monoisotopic (exact) mass is 436 g/mol. The molecule has 1 aliphatic heterocycles. The maximum atomic E-state index is 12.6. The van der Waals surface area contributed by atoms with Crippen LogP contribution in [0.1, 0.15) is 23.7 Å². The number of rotatable bonds is 5. The molecule has 0 amide bonds. The Hall–Kier alpha value is -2.22. The molecule has 3 aliphatic rings. The largest absolute Gasteiger partial charge is 0.461 e. The molecule has 0 radical (unpaired) electrons. The molecule has 142 valence electrons. The molecule has 4 rings (SSSR count). The van der Waals surface area contributed by atoms with Gasteiger partial charge in [-0.25, -0.2) is 0 Å². The Labute approximate surface area is 163 Å². The predicted octanol–water partition coefficient (Wildman–Crippen LogP) is 1.91. The van der Waals surface area contributed by atoms with Gasteiger partial charge in [0.25, 0.3) is 0 Å². The van der Waals surface area contributed by atoms with Gasteiger partial charge in [-0.2, -0.15) is 0 Å². The lowest BCUT2D eigenvalue weighted by Gasteiger charge is -2.26. The van der Waals surface area contributed by atoms with E-state index in [0.29, 0.717) is 11.3 Å². The first-order valence-electron chi connectivity index (χ1n) is 8.69. The predicted molar refractivity (Wildman–Crippen MR) is 94.2 cm³/mol. The van der Waals surface area contributed by atoms with Crippen LogP contribution in [-0.2, 0) is 23.9 Å². The third kappa shape index (κ3) is 3.05. The number of hydrogen-bond acceptors (Lipinski definition) is 7. The maximum absolute atomic E-state index is 12.6. The number of hydrogen-bond donors (Lipinski definition) is 0. The van der Waals surface area contributed by atoms with E-state index >= 15 is 0 Å². The number of carbonyl (C=O) groups excluding carboxylic acids is 4. The second-order valence-corrected chi connectivity index (χ2v) is 8.17. The molecule has 1 heterocycles. The minimum atomic E-state index is -0.565. The Bertz CT molecular complexity index is 818. The summed E-state index contributed by atoms with van der Waals surface area (Å²) < 4.78 is 15.5. The van der Waals surface area contributed by atoms with Crippen molar-refractivity contribution < 1.29 is 33.4 Å². The van der Waals surface area contributed by atoms with Gasteiger partial charge in [0.1, 0.15) is 11.9 Å². The first kappa shape index (κ1) is 18.2. The highest BCUT2D eigenvalue weighted by Gasteiger charge is 2.68. The number of esters is 3. The second kappa shape index (κ2) is 6.74. The number of carbonyl (C=O) groups is 4. The van der Waals surface area contributed by atoms with Crippen LogP contribution in [0.25, 0.3) is 0 Å². The van der Waals surface area contributed by atoms with Crippen LogP contribution in [0.15, 0.2) is 24.3 Å². The van der Waals surface area contributed by atoms with Gasteiger partial charge >= 0.3 is 17.9 Å². The topological polar surface area (TPSA) is 96.0 Å². The van der Waals surface area contributed by atoms with E-state index in [4.69, 9.17) is 14.2 Å². The average Bonchev–Trinajstić information content (AvgIpc) is 3.23. The van der Waals surface area contributed by atoms with E-state index < -0.39 is 30.4 Å². The number of ketones is 1. The van der Waals surface area contributed by atoms with Crippen molar-refractivity contribution in [1.82, 2.24) is 0 Å². The Morgan fingerprint density at radius 1 is 1.19 bits per heavy atom. The van der Waals surface area contributed by atoms with Crippen molar-refractivity contribution in [2.45, 2.75) is 24.3 Å². The third-order valence-corrected chi connectivity index (χ3v) is 6.78. The van der Waals surface area contributed by atoms with Crippen LogP contribution in [0.2, 0.25) is 0 Å². The van der Waals surface area contributed by atoms with Gasteiger partial charge in [0.15, 0.2) is 12.4 Å². The molecule has 2 saturated carbocycles. The minimum absolute atomic E-state index is 0.0120. The second-order valence-electron chi connectivity index (χ2n) is 7.11. The van der Waals surface area contributed by atoms with E-state index in [1.165, 1.54) is 31.2 Å². The standard InChI is InChI=1S/C19H17BrO7/c1-8(21)26-10-4-2-9(3-5-10)13(22)7-25-18(23)14-11-6-12-15(14)19(24)27-17(12)16(11)20/h2-5,11-12,14-17H,6-7H2,1H3/t11-,12-,14-,15+,16-,17+/m1/s1. The van der Waals surface area contributed by atoms with Crippen LogP contribution in [0.4, 0.5) is 0 Å². The fourth-order valence-electron chi connectivity index (χ4n) is 4.49. The summed E-state index contributed by atoms with van der Waals surface area (Å²) in [5, 5.41) is 0. The van der Waals surface area contributed by atoms with Crippen molar-refractivity contribution in [3.8, 4) is 5.75 Å². The summed E-state index contributed by atoms with van der Waals surface area (Å²) in [7, 11) is 0. The molecular formula is C19H17BrO7. The lowest BCUT2D eigenvalue weighted by atomic mass is 9.80. The molecule has 0 spiro atoms. The molecule has 2 bridgehead atoms. The molecule has 0 aromatic heterocycles. The van der Waals surface area contributed by atoms with Gasteiger partial charge in [-0.05, 0) is 36.6 Å². The minimum Gasteiger partial charge on any atom is -0.461 e. The molecule has 0 N–H and O–H groups in total. The number of Topliss-reactive ketones (excluding diaryl/α,β-unsaturated/α-hetero) is 1. The van der Waals surface area contributed by atoms with Gasteiger partial charge in [-0.3, -0.25) is 19.2 Å². The van der Waals surface area contributed by atoms with E-state index in [2.05, 4.69) is 15.9 Å². The SMILES string of the molecule is CC(=O)Oc1ccc(C(=O)COC(=O)[C@@H]2[C@H]3C[C@H]4[C@H](OC(=O)[C@@H]42)[C@@H]3Br)cc1. The molecule has 7 nitrogen and oxygen atoms in total. The highest BCUT2D eigenvalue weighted by molar-refractivity contribution is 9.09. The summed E-state index contributed by atoms with van der Waals surface area (Å²) in [4.78, 5) is 47.8. The van der Waals surface area contributed by atoms with Crippen molar-refractivity contribution in [2.75, 3.05) is 6.61 Å². The van der Waals surface area contributed by atoms with Crippen LogP contribution in [0, 0.1) is 23.7 Å². The number of alkyl halides is 1. The van der Waals surface area contributed by atoms with Gasteiger partial charge in [0.2, 0.25) is 0 Å². The van der Waals surface area contributed by atoms with E-state index in [1.54, 1.807) is 0 Å². The fourth-order valence-corrected chi connectivity index (χ4v) is 5.53. The lowest BCUT2D eigenvalue weighted by molar-refractivity contribution is -0.154. The Kier molecular flexibility index (Phi) is 4.53. The summed E-state index contributed by atoms with van der Waals surface area (Å²) in [6.45, 7) is 0.881. The van der Waals surface area contributed by atoms with Gasteiger partial charge < -0.3 is 14.2 Å². The molecular weight excluding hydrogens is 420 g/mol. The molecule has 1 aromatic rings. The van der Waals surface area contributed by atoms with Crippen LogP contribution < -0.4 is 4.74 Å². The Morgan fingerprint density at radius 3 is 2.56 bits per heavy atom. The van der Waals surface area contributed by atoms with Crippen LogP contribution in [0.5, 0.6) is 5.75 Å².